The normalized spacial score (nSPS) is 10.7. The molecule has 0 bridgehead atoms. The fourth-order valence-electron chi connectivity index (χ4n) is 3.24. The minimum atomic E-state index is -0.218. The molecule has 0 aliphatic carbocycles. The van der Waals surface area contributed by atoms with Crippen molar-refractivity contribution in [2.45, 2.75) is 6.42 Å². The van der Waals surface area contributed by atoms with Crippen molar-refractivity contribution in [3.05, 3.63) is 72.3 Å². The number of ether oxygens (including phenoxy) is 2. The number of rotatable bonds is 7. The van der Waals surface area contributed by atoms with Gasteiger partial charge in [0.15, 0.2) is 17.1 Å². The van der Waals surface area contributed by atoms with Gasteiger partial charge >= 0.3 is 0 Å². The van der Waals surface area contributed by atoms with E-state index in [2.05, 4.69) is 20.4 Å². The molecule has 8 nitrogen and oxygen atoms in total. The first kappa shape index (κ1) is 19.4. The molecule has 4 aromatic rings. The highest BCUT2D eigenvalue weighted by Gasteiger charge is 2.16. The maximum Gasteiger partial charge on any atom is 0.256 e. The summed E-state index contributed by atoms with van der Waals surface area (Å²) in [6, 6.07) is 11.3. The molecule has 0 aliphatic heterocycles. The zero-order valence-electron chi connectivity index (χ0n) is 16.7. The Hall–Kier alpha value is -3.94. The third-order valence-corrected chi connectivity index (χ3v) is 4.77. The third-order valence-electron chi connectivity index (χ3n) is 4.77. The number of nitrogens with zero attached hydrogens (tertiary/aromatic N) is 4. The van der Waals surface area contributed by atoms with Gasteiger partial charge in [0.2, 0.25) is 0 Å². The molecule has 0 radical (unpaired) electrons. The van der Waals surface area contributed by atoms with E-state index in [-0.39, 0.29) is 5.91 Å². The largest absolute Gasteiger partial charge is 0.493 e. The summed E-state index contributed by atoms with van der Waals surface area (Å²) in [7, 11) is 3.20. The Morgan fingerprint density at radius 2 is 1.83 bits per heavy atom. The molecule has 0 atom stereocenters. The quantitative estimate of drug-likeness (QED) is 0.510. The predicted octanol–water partition coefficient (Wildman–Crippen LogP) is 2.78. The Morgan fingerprint density at radius 1 is 1.03 bits per heavy atom. The number of aromatic nitrogens is 4. The fraction of sp³-hybridized carbons (Fsp3) is 0.182. The SMILES string of the molecule is COc1ccc(CCNC(=O)c2cnn3c(-c4ccncc4)ccnc23)cc1OC. The van der Waals surface area contributed by atoms with E-state index in [0.29, 0.717) is 35.7 Å². The molecular weight excluding hydrogens is 382 g/mol. The maximum absolute atomic E-state index is 12.7. The smallest absolute Gasteiger partial charge is 0.256 e. The topological polar surface area (TPSA) is 90.6 Å². The van der Waals surface area contributed by atoms with Gasteiger partial charge in [0.05, 0.1) is 26.1 Å². The van der Waals surface area contributed by atoms with E-state index in [9.17, 15) is 4.79 Å². The number of methoxy groups -OCH3 is 2. The lowest BCUT2D eigenvalue weighted by molar-refractivity contribution is 0.0955. The molecule has 3 aromatic heterocycles. The second-order valence-electron chi connectivity index (χ2n) is 6.55. The minimum Gasteiger partial charge on any atom is -0.493 e. The van der Waals surface area contributed by atoms with Gasteiger partial charge in [0.25, 0.3) is 5.91 Å². The molecule has 30 heavy (non-hydrogen) atoms. The number of carbonyl (C=O) groups excluding carboxylic acids is 1. The summed E-state index contributed by atoms with van der Waals surface area (Å²) in [5, 5.41) is 7.30. The van der Waals surface area contributed by atoms with Crippen LogP contribution in [0.5, 0.6) is 11.5 Å². The Kier molecular flexibility index (Phi) is 5.56. The number of hydrogen-bond donors (Lipinski definition) is 1. The first-order chi connectivity index (χ1) is 14.7. The van der Waals surface area contributed by atoms with Crippen molar-refractivity contribution in [3.8, 4) is 22.8 Å². The van der Waals surface area contributed by atoms with Gasteiger partial charge < -0.3 is 14.8 Å². The Morgan fingerprint density at radius 3 is 2.60 bits per heavy atom. The average Bonchev–Trinajstić information content (AvgIpc) is 3.24. The van der Waals surface area contributed by atoms with E-state index in [1.807, 2.05) is 36.4 Å². The number of pyridine rings is 1. The van der Waals surface area contributed by atoms with Crippen LogP contribution in [0.3, 0.4) is 0 Å². The summed E-state index contributed by atoms with van der Waals surface area (Å²) in [6.07, 6.45) is 7.30. The molecule has 0 spiro atoms. The van der Waals surface area contributed by atoms with Gasteiger partial charge in [0, 0.05) is 30.7 Å². The summed E-state index contributed by atoms with van der Waals surface area (Å²) in [6.45, 7) is 0.468. The molecule has 0 saturated heterocycles. The Balaban J connectivity index is 1.48. The van der Waals surface area contributed by atoms with E-state index in [1.54, 1.807) is 43.5 Å². The summed E-state index contributed by atoms with van der Waals surface area (Å²) in [5.41, 5.74) is 3.75. The van der Waals surface area contributed by atoms with E-state index in [1.165, 1.54) is 0 Å². The molecule has 0 aliphatic rings. The van der Waals surface area contributed by atoms with Crippen molar-refractivity contribution in [2.24, 2.45) is 0 Å². The summed E-state index contributed by atoms with van der Waals surface area (Å²) >= 11 is 0. The zero-order chi connectivity index (χ0) is 20.9. The minimum absolute atomic E-state index is 0.218. The van der Waals surface area contributed by atoms with Gasteiger partial charge in [-0.15, -0.1) is 0 Å². The molecule has 0 unspecified atom stereocenters. The molecule has 1 amide bonds. The molecule has 1 aromatic carbocycles. The van der Waals surface area contributed by atoms with E-state index in [4.69, 9.17) is 9.47 Å². The van der Waals surface area contributed by atoms with Gasteiger partial charge in [-0.25, -0.2) is 9.50 Å². The number of carbonyl (C=O) groups is 1. The maximum atomic E-state index is 12.7. The number of benzene rings is 1. The lowest BCUT2D eigenvalue weighted by Crippen LogP contribution is -2.25. The van der Waals surface area contributed by atoms with Gasteiger partial charge in [0.1, 0.15) is 5.56 Å². The van der Waals surface area contributed by atoms with Crippen LogP contribution in [0.25, 0.3) is 16.9 Å². The molecule has 0 fully saturated rings. The molecule has 1 N–H and O–H groups in total. The first-order valence-corrected chi connectivity index (χ1v) is 9.43. The van der Waals surface area contributed by atoms with Crippen LogP contribution in [0.15, 0.2) is 61.2 Å². The second kappa shape index (κ2) is 8.60. The van der Waals surface area contributed by atoms with Gasteiger partial charge in [-0.1, -0.05) is 6.07 Å². The molecule has 8 heteroatoms. The molecule has 4 rings (SSSR count). The standard InChI is InChI=1S/C22H21N5O3/c1-29-19-4-3-15(13-20(19)30-2)5-11-25-22(28)17-14-26-27-18(8-12-24-21(17)27)16-6-9-23-10-7-16/h3-4,6-10,12-14H,5,11H2,1-2H3,(H,25,28). The number of hydrogen-bond acceptors (Lipinski definition) is 6. The number of nitrogens with one attached hydrogen (secondary N) is 1. The Bertz CT molecular complexity index is 1170. The van der Waals surface area contributed by atoms with Gasteiger partial charge in [-0.05, 0) is 42.3 Å². The lowest BCUT2D eigenvalue weighted by Gasteiger charge is -2.10. The van der Waals surface area contributed by atoms with Crippen LogP contribution in [0.1, 0.15) is 15.9 Å². The molecule has 152 valence electrons. The summed E-state index contributed by atoms with van der Waals surface area (Å²) in [4.78, 5) is 21.1. The number of fused-ring (bicyclic) bond motifs is 1. The predicted molar refractivity (Wildman–Crippen MR) is 112 cm³/mol. The molecular formula is C22H21N5O3. The average molecular weight is 403 g/mol. The van der Waals surface area contributed by atoms with Crippen LogP contribution >= 0.6 is 0 Å². The fourth-order valence-corrected chi connectivity index (χ4v) is 3.24. The van der Waals surface area contributed by atoms with Gasteiger partial charge in [-0.3, -0.25) is 9.78 Å². The first-order valence-electron chi connectivity index (χ1n) is 9.43. The van der Waals surface area contributed by atoms with Crippen molar-refractivity contribution < 1.29 is 14.3 Å². The van der Waals surface area contributed by atoms with E-state index >= 15 is 0 Å². The van der Waals surface area contributed by atoms with Gasteiger partial charge in [-0.2, -0.15) is 5.10 Å². The zero-order valence-corrected chi connectivity index (χ0v) is 16.7. The van der Waals surface area contributed by atoms with E-state index < -0.39 is 0 Å². The second-order valence-corrected chi connectivity index (χ2v) is 6.55. The van der Waals surface area contributed by atoms with Crippen LogP contribution in [0.4, 0.5) is 0 Å². The van der Waals surface area contributed by atoms with Crippen LogP contribution in [-0.2, 0) is 6.42 Å². The third kappa shape index (κ3) is 3.80. The summed E-state index contributed by atoms with van der Waals surface area (Å²) in [5.74, 6) is 1.12. The Labute approximate surface area is 173 Å². The van der Waals surface area contributed by atoms with Crippen LogP contribution in [0, 0.1) is 0 Å². The van der Waals surface area contributed by atoms with Crippen molar-refractivity contribution in [2.75, 3.05) is 20.8 Å². The van der Waals surface area contributed by atoms with Crippen molar-refractivity contribution in [1.82, 2.24) is 24.9 Å². The van der Waals surface area contributed by atoms with Crippen molar-refractivity contribution in [1.29, 1.82) is 0 Å². The lowest BCUT2D eigenvalue weighted by atomic mass is 10.1. The molecule has 3 heterocycles. The highest BCUT2D eigenvalue weighted by atomic mass is 16.5. The van der Waals surface area contributed by atoms with Crippen LogP contribution in [0.2, 0.25) is 0 Å². The molecule has 0 saturated carbocycles. The van der Waals surface area contributed by atoms with Crippen molar-refractivity contribution in [3.63, 3.8) is 0 Å². The van der Waals surface area contributed by atoms with E-state index in [0.717, 1.165) is 16.8 Å². The highest BCUT2D eigenvalue weighted by molar-refractivity contribution is 5.99. The van der Waals surface area contributed by atoms with Crippen LogP contribution in [-0.4, -0.2) is 46.3 Å². The van der Waals surface area contributed by atoms with Crippen LogP contribution < -0.4 is 14.8 Å². The monoisotopic (exact) mass is 403 g/mol. The highest BCUT2D eigenvalue weighted by Crippen LogP contribution is 2.27. The summed E-state index contributed by atoms with van der Waals surface area (Å²) < 4.78 is 12.2. The number of amides is 1. The van der Waals surface area contributed by atoms with Crippen molar-refractivity contribution >= 4 is 11.6 Å².